The Hall–Kier alpha value is -5.68. The molecule has 2 amide bonds. The lowest BCUT2D eigenvalue weighted by molar-refractivity contribution is -0.124. The van der Waals surface area contributed by atoms with E-state index in [0.717, 1.165) is 44.5 Å². The fourth-order valence-corrected chi connectivity index (χ4v) is 7.26. The normalized spacial score (nSPS) is 14.2. The summed E-state index contributed by atoms with van der Waals surface area (Å²) >= 11 is 12.8. The van der Waals surface area contributed by atoms with Crippen molar-refractivity contribution in [1.29, 1.82) is 0 Å². The highest BCUT2D eigenvalue weighted by Gasteiger charge is 2.48. The Morgan fingerprint density at radius 3 is 1.08 bits per heavy atom. The molecule has 6 aromatic rings. The van der Waals surface area contributed by atoms with Crippen molar-refractivity contribution in [1.82, 2.24) is 9.80 Å². The van der Waals surface area contributed by atoms with Gasteiger partial charge in [-0.3, -0.25) is 9.59 Å². The maximum absolute atomic E-state index is 14.8. The first-order valence-corrected chi connectivity index (χ1v) is 17.1. The molecule has 2 aliphatic heterocycles. The van der Waals surface area contributed by atoms with E-state index >= 15 is 0 Å². The van der Waals surface area contributed by atoms with Crippen molar-refractivity contribution in [3.05, 3.63) is 201 Å². The van der Waals surface area contributed by atoms with Crippen molar-refractivity contribution in [3.8, 4) is 22.3 Å². The summed E-state index contributed by atoms with van der Waals surface area (Å²) in [6.45, 7) is 0.508. The average Bonchev–Trinajstić information content (AvgIpc) is 3.58. The van der Waals surface area contributed by atoms with Gasteiger partial charge in [-0.1, -0.05) is 157 Å². The minimum absolute atomic E-state index is 0.230. The minimum atomic E-state index is -0.230. The van der Waals surface area contributed by atoms with Crippen LogP contribution in [-0.4, -0.2) is 21.6 Å². The van der Waals surface area contributed by atoms with Crippen molar-refractivity contribution in [2.24, 2.45) is 0 Å². The van der Waals surface area contributed by atoms with Crippen LogP contribution in [0.5, 0.6) is 0 Å². The van der Waals surface area contributed by atoms with E-state index in [9.17, 15) is 9.59 Å². The van der Waals surface area contributed by atoms with Crippen LogP contribution in [0.3, 0.4) is 0 Å². The van der Waals surface area contributed by atoms with Crippen LogP contribution in [0, 0.1) is 0 Å². The van der Waals surface area contributed by atoms with Crippen molar-refractivity contribution in [2.45, 2.75) is 13.1 Å². The van der Waals surface area contributed by atoms with Gasteiger partial charge in [0.05, 0.1) is 35.6 Å². The molecule has 8 rings (SSSR count). The van der Waals surface area contributed by atoms with Gasteiger partial charge in [-0.15, -0.1) is 0 Å². The summed E-state index contributed by atoms with van der Waals surface area (Å²) in [5.41, 5.74) is 9.50. The van der Waals surface area contributed by atoms with Gasteiger partial charge in [-0.25, -0.2) is 0 Å². The molecular weight excluding hydrogens is 659 g/mol. The number of benzene rings is 6. The van der Waals surface area contributed by atoms with Crippen LogP contribution >= 0.6 is 23.2 Å². The predicted molar refractivity (Wildman–Crippen MR) is 202 cm³/mol. The van der Waals surface area contributed by atoms with Crippen LogP contribution in [0.1, 0.15) is 22.3 Å². The number of fused-ring (bicyclic) bond motifs is 1. The van der Waals surface area contributed by atoms with Gasteiger partial charge in [-0.05, 0) is 68.8 Å². The van der Waals surface area contributed by atoms with Crippen molar-refractivity contribution >= 4 is 46.4 Å². The molecule has 2 aliphatic rings. The number of hydrogen-bond acceptors (Lipinski definition) is 2. The molecule has 0 saturated heterocycles. The van der Waals surface area contributed by atoms with Crippen LogP contribution < -0.4 is 0 Å². The molecule has 0 spiro atoms. The van der Waals surface area contributed by atoms with Gasteiger partial charge >= 0.3 is 0 Å². The number of nitrogens with zero attached hydrogens (tertiary/aromatic N) is 2. The topological polar surface area (TPSA) is 40.6 Å². The lowest BCUT2D eigenvalue weighted by Crippen LogP contribution is -2.29. The van der Waals surface area contributed by atoms with E-state index in [0.29, 0.717) is 32.6 Å². The van der Waals surface area contributed by atoms with Crippen molar-refractivity contribution in [2.75, 3.05) is 0 Å². The molecule has 6 aromatic carbocycles. The fraction of sp³-hybridized carbons (Fsp3) is 0.0455. The largest absolute Gasteiger partial charge is 0.302 e. The SMILES string of the molecule is O=C1C2=C(c3ccc(-c4ccccc4)cc3)N(Cc3cccc(Cl)c3)C(=O)C2=C(c2ccc(-c3ccccc3)cc2)N1Cc1cccc(Cl)c1. The highest BCUT2D eigenvalue weighted by molar-refractivity contribution is 6.31. The molecule has 242 valence electrons. The quantitative estimate of drug-likeness (QED) is 0.160. The second kappa shape index (κ2) is 13.3. The molecule has 6 heteroatoms. The third-order valence-corrected chi connectivity index (χ3v) is 9.64. The van der Waals surface area contributed by atoms with E-state index in [1.54, 1.807) is 9.80 Å². The van der Waals surface area contributed by atoms with E-state index in [-0.39, 0.29) is 24.9 Å². The number of hydrogen-bond donors (Lipinski definition) is 0. The molecular formula is C44H30Cl2N2O2. The highest BCUT2D eigenvalue weighted by atomic mass is 35.5. The minimum Gasteiger partial charge on any atom is -0.302 e. The predicted octanol–water partition coefficient (Wildman–Crippen LogP) is 10.5. The van der Waals surface area contributed by atoms with Gasteiger partial charge in [-0.2, -0.15) is 0 Å². The molecule has 0 radical (unpaired) electrons. The van der Waals surface area contributed by atoms with Crippen molar-refractivity contribution < 1.29 is 9.59 Å². The van der Waals surface area contributed by atoms with E-state index in [4.69, 9.17) is 23.2 Å². The molecule has 0 aromatic heterocycles. The molecule has 0 unspecified atom stereocenters. The van der Waals surface area contributed by atoms with E-state index in [1.807, 2.05) is 133 Å². The number of amides is 2. The summed E-state index contributed by atoms with van der Waals surface area (Å²) in [6, 6.07) is 51.3. The second-order valence-corrected chi connectivity index (χ2v) is 13.2. The van der Waals surface area contributed by atoms with Crippen molar-refractivity contribution in [3.63, 3.8) is 0 Å². The third kappa shape index (κ3) is 5.94. The summed E-state index contributed by atoms with van der Waals surface area (Å²) in [4.78, 5) is 33.1. The van der Waals surface area contributed by atoms with Crippen LogP contribution in [0.25, 0.3) is 33.6 Å². The maximum Gasteiger partial charge on any atom is 0.261 e. The zero-order valence-corrected chi connectivity index (χ0v) is 28.4. The lowest BCUT2D eigenvalue weighted by Gasteiger charge is -2.26. The Balaban J connectivity index is 1.30. The summed E-state index contributed by atoms with van der Waals surface area (Å²) in [5.74, 6) is -0.461. The number of rotatable bonds is 8. The monoisotopic (exact) mass is 688 g/mol. The first kappa shape index (κ1) is 31.6. The first-order valence-electron chi connectivity index (χ1n) is 16.4. The van der Waals surface area contributed by atoms with Gasteiger partial charge in [0.25, 0.3) is 11.8 Å². The maximum atomic E-state index is 14.8. The van der Waals surface area contributed by atoms with E-state index < -0.39 is 0 Å². The van der Waals surface area contributed by atoms with Crippen LogP contribution in [0.2, 0.25) is 10.0 Å². The van der Waals surface area contributed by atoms with Crippen LogP contribution in [-0.2, 0) is 22.7 Å². The number of halogens is 2. The van der Waals surface area contributed by atoms with Gasteiger partial charge in [0, 0.05) is 10.0 Å². The standard InChI is InChI=1S/C44H30Cl2N2O2/c45-37-15-7-9-29(25-37)27-47-41(35-21-17-33(18-22-35)31-11-3-1-4-12-31)39-40(44(47)50)42(48(43(39)49)28-30-10-8-16-38(46)26-30)36-23-19-34(20-24-36)32-13-5-2-6-14-32/h1-26H,27-28H2. The average molecular weight is 690 g/mol. The molecule has 50 heavy (non-hydrogen) atoms. The van der Waals surface area contributed by atoms with Gasteiger partial charge in [0.2, 0.25) is 0 Å². The Morgan fingerprint density at radius 2 is 0.720 bits per heavy atom. The first-order chi connectivity index (χ1) is 24.4. The highest BCUT2D eigenvalue weighted by Crippen LogP contribution is 2.48. The van der Waals surface area contributed by atoms with E-state index in [1.165, 1.54) is 0 Å². The molecule has 4 nitrogen and oxygen atoms in total. The number of carbonyl (C=O) groups is 2. The fourth-order valence-electron chi connectivity index (χ4n) is 6.84. The third-order valence-electron chi connectivity index (χ3n) is 9.17. The van der Waals surface area contributed by atoms with Crippen LogP contribution in [0.4, 0.5) is 0 Å². The van der Waals surface area contributed by atoms with Gasteiger partial charge in [0.15, 0.2) is 0 Å². The molecule has 0 bridgehead atoms. The summed E-state index contributed by atoms with van der Waals surface area (Å²) in [5, 5.41) is 1.16. The van der Waals surface area contributed by atoms with Gasteiger partial charge in [0.1, 0.15) is 0 Å². The Kier molecular flexibility index (Phi) is 8.41. The Bertz CT molecular complexity index is 2150. The molecule has 0 N–H and O–H groups in total. The summed E-state index contributed by atoms with van der Waals surface area (Å²) in [6.07, 6.45) is 0. The summed E-state index contributed by atoms with van der Waals surface area (Å²) < 4.78 is 0. The lowest BCUT2D eigenvalue weighted by atomic mass is 9.98. The zero-order valence-electron chi connectivity index (χ0n) is 26.9. The smallest absolute Gasteiger partial charge is 0.261 e. The molecule has 0 fully saturated rings. The summed E-state index contributed by atoms with van der Waals surface area (Å²) in [7, 11) is 0. The Morgan fingerprint density at radius 1 is 0.380 bits per heavy atom. The molecule has 0 saturated carbocycles. The van der Waals surface area contributed by atoms with Crippen LogP contribution in [0.15, 0.2) is 169 Å². The van der Waals surface area contributed by atoms with Gasteiger partial charge < -0.3 is 9.80 Å². The number of carbonyl (C=O) groups excluding carboxylic acids is 2. The Labute approximate surface area is 301 Å². The second-order valence-electron chi connectivity index (χ2n) is 12.4. The molecule has 2 heterocycles. The zero-order chi connectivity index (χ0) is 34.2. The molecule has 0 atom stereocenters. The molecule has 0 aliphatic carbocycles. The van der Waals surface area contributed by atoms with E-state index in [2.05, 4.69) is 24.3 Å².